The van der Waals surface area contributed by atoms with Gasteiger partial charge in [0, 0.05) is 13.1 Å². The van der Waals surface area contributed by atoms with Crippen molar-refractivity contribution < 1.29 is 35.6 Å². The molecule has 3 aliphatic heterocycles. The molecular formula is C16H29F2NO6S. The van der Waals surface area contributed by atoms with E-state index < -0.39 is 53.5 Å². The average Bonchev–Trinajstić information content (AvgIpc) is 3.11. The first kappa shape index (κ1) is 20.7. The summed E-state index contributed by atoms with van der Waals surface area (Å²) in [4.78, 5) is 0. The van der Waals surface area contributed by atoms with E-state index in [1.807, 2.05) is 0 Å². The highest BCUT2D eigenvalue weighted by Crippen LogP contribution is 2.59. The summed E-state index contributed by atoms with van der Waals surface area (Å²) in [6.45, 7) is 10.9. The Hall–Kier alpha value is -0.0700. The van der Waals surface area contributed by atoms with Crippen LogP contribution in [0.5, 0.6) is 0 Å². The highest BCUT2D eigenvalue weighted by atomic mass is 32.3. The van der Waals surface area contributed by atoms with Crippen molar-refractivity contribution in [2.75, 3.05) is 19.7 Å². The van der Waals surface area contributed by atoms with E-state index >= 15 is 0 Å². The Kier molecular flexibility index (Phi) is 5.62. The summed E-state index contributed by atoms with van der Waals surface area (Å²) in [5, 5.41) is 0. The molecule has 10 heteroatoms. The molecule has 7 nitrogen and oxygen atoms in total. The first-order valence-electron chi connectivity index (χ1n) is 8.97. The molecule has 3 saturated heterocycles. The maximum absolute atomic E-state index is 14.8. The molecule has 5 atom stereocenters. The van der Waals surface area contributed by atoms with E-state index in [4.69, 9.17) is 27.9 Å². The number of halogens is 2. The van der Waals surface area contributed by atoms with Crippen molar-refractivity contribution in [2.45, 2.75) is 83.8 Å². The molecule has 0 aromatic rings. The minimum Gasteiger partial charge on any atom is -0.348 e. The number of hydrogen-bond acceptors (Lipinski definition) is 7. The number of hydrogen-bond donors (Lipinski definition) is 0. The van der Waals surface area contributed by atoms with Crippen LogP contribution >= 0.6 is 11.3 Å². The summed E-state index contributed by atoms with van der Waals surface area (Å²) in [6, 6.07) is 0. The molecule has 0 aliphatic carbocycles. The van der Waals surface area contributed by atoms with Gasteiger partial charge in [-0.3, -0.25) is 4.18 Å². The minimum atomic E-state index is -4.45. The molecule has 3 fully saturated rings. The fourth-order valence-corrected chi connectivity index (χ4v) is 4.72. The van der Waals surface area contributed by atoms with Crippen molar-refractivity contribution >= 4 is 11.3 Å². The van der Waals surface area contributed by atoms with Gasteiger partial charge in [-0.1, -0.05) is 13.8 Å². The Bertz CT molecular complexity index is 519. The van der Waals surface area contributed by atoms with Crippen LogP contribution in [0.3, 0.4) is 0 Å². The predicted octanol–water partition coefficient (Wildman–Crippen LogP) is 3.14. The number of nitrogens with zero attached hydrogens (tertiary/aromatic N) is 1. The van der Waals surface area contributed by atoms with Gasteiger partial charge in [0.1, 0.15) is 24.4 Å². The fourth-order valence-electron chi connectivity index (χ4n) is 3.51. The van der Waals surface area contributed by atoms with Gasteiger partial charge in [-0.05, 0) is 27.7 Å². The Morgan fingerprint density at radius 2 is 1.65 bits per heavy atom. The zero-order valence-corrected chi connectivity index (χ0v) is 16.9. The molecule has 0 unspecified atom stereocenters. The first-order valence-corrected chi connectivity index (χ1v) is 10.3. The molecule has 0 aromatic heterocycles. The summed E-state index contributed by atoms with van der Waals surface area (Å²) in [5.74, 6) is -1.72. The molecule has 0 aromatic carbocycles. The SMILES string of the molecule is CCN(CC)S(F)(F)O[C@@H]1[C@H]2OC(C)(C)O[C@H]2O[C@@H]1[C@@H]1COC(C)(C)O1. The highest BCUT2D eigenvalue weighted by molar-refractivity contribution is 8.19. The Balaban J connectivity index is 1.81. The minimum absolute atomic E-state index is 0.185. The van der Waals surface area contributed by atoms with Gasteiger partial charge in [0.25, 0.3) is 0 Å². The first-order chi connectivity index (χ1) is 12.0. The van der Waals surface area contributed by atoms with Crippen LogP contribution in [0.4, 0.5) is 7.77 Å². The molecule has 0 saturated carbocycles. The van der Waals surface area contributed by atoms with E-state index in [9.17, 15) is 7.77 Å². The lowest BCUT2D eigenvalue weighted by atomic mass is 10.1. The van der Waals surface area contributed by atoms with Crippen LogP contribution in [0, 0.1) is 0 Å². The van der Waals surface area contributed by atoms with Crippen molar-refractivity contribution in [1.82, 2.24) is 4.31 Å². The van der Waals surface area contributed by atoms with Crippen LogP contribution in [0.1, 0.15) is 41.5 Å². The molecule has 3 heterocycles. The largest absolute Gasteiger partial charge is 0.348 e. The van der Waals surface area contributed by atoms with Gasteiger partial charge in [0.2, 0.25) is 11.3 Å². The summed E-state index contributed by atoms with van der Waals surface area (Å²) in [7, 11) is 0. The van der Waals surface area contributed by atoms with E-state index in [1.54, 1.807) is 41.5 Å². The third-order valence-corrected chi connectivity index (χ3v) is 6.23. The Morgan fingerprint density at radius 3 is 2.19 bits per heavy atom. The third-order valence-electron chi connectivity index (χ3n) is 4.66. The molecule has 0 radical (unpaired) electrons. The molecule has 154 valence electrons. The second kappa shape index (κ2) is 7.07. The van der Waals surface area contributed by atoms with Gasteiger partial charge in [-0.2, -0.15) is 4.31 Å². The van der Waals surface area contributed by atoms with Crippen molar-refractivity contribution in [3.05, 3.63) is 0 Å². The van der Waals surface area contributed by atoms with Crippen LogP contribution in [-0.4, -0.2) is 66.3 Å². The molecule has 0 bridgehead atoms. The third kappa shape index (κ3) is 4.02. The number of ether oxygens (including phenoxy) is 5. The average molecular weight is 401 g/mol. The van der Waals surface area contributed by atoms with Gasteiger partial charge in [0.15, 0.2) is 17.9 Å². The van der Waals surface area contributed by atoms with E-state index in [-0.39, 0.29) is 19.7 Å². The summed E-state index contributed by atoms with van der Waals surface area (Å²) in [5.41, 5.74) is 0. The molecule has 0 N–H and O–H groups in total. The standard InChI is InChI=1S/C16H29F2NO6S/c1-7-19(8-2)26(17,18)25-12-11(10-9-20-15(3,4)22-10)21-14-13(12)23-16(5,6)24-14/h10-14H,7-9H2,1-6H3/t10-,11+,12-,13+,14+/m0/s1. The summed E-state index contributed by atoms with van der Waals surface area (Å²) in [6.07, 6.45) is -3.86. The predicted molar refractivity (Wildman–Crippen MR) is 91.2 cm³/mol. The summed E-state index contributed by atoms with van der Waals surface area (Å²) >= 11 is -4.45. The quantitative estimate of drug-likeness (QED) is 0.678. The van der Waals surface area contributed by atoms with Crippen LogP contribution < -0.4 is 0 Å². The second-order valence-corrected chi connectivity index (χ2v) is 9.01. The van der Waals surface area contributed by atoms with E-state index in [0.29, 0.717) is 0 Å². The molecule has 0 spiro atoms. The van der Waals surface area contributed by atoms with Crippen molar-refractivity contribution in [1.29, 1.82) is 0 Å². The monoisotopic (exact) mass is 401 g/mol. The van der Waals surface area contributed by atoms with Crippen molar-refractivity contribution in [3.63, 3.8) is 0 Å². The van der Waals surface area contributed by atoms with Crippen LogP contribution in [-0.2, 0) is 27.9 Å². The lowest BCUT2D eigenvalue weighted by Gasteiger charge is -2.36. The van der Waals surface area contributed by atoms with Crippen molar-refractivity contribution in [3.8, 4) is 0 Å². The number of rotatable bonds is 6. The topological polar surface area (TPSA) is 58.6 Å². The molecule has 3 aliphatic rings. The lowest BCUT2D eigenvalue weighted by Crippen LogP contribution is -2.45. The Labute approximate surface area is 155 Å². The van der Waals surface area contributed by atoms with E-state index in [2.05, 4.69) is 0 Å². The van der Waals surface area contributed by atoms with Crippen LogP contribution in [0.15, 0.2) is 0 Å². The fraction of sp³-hybridized carbons (Fsp3) is 1.00. The highest BCUT2D eigenvalue weighted by Gasteiger charge is 2.61. The number of fused-ring (bicyclic) bond motifs is 1. The second-order valence-electron chi connectivity index (χ2n) is 7.51. The normalized spacial score (nSPS) is 39.5. The molecular weight excluding hydrogens is 372 g/mol. The van der Waals surface area contributed by atoms with Gasteiger partial charge in [-0.15, -0.1) is 7.77 Å². The van der Waals surface area contributed by atoms with Gasteiger partial charge in [-0.25, -0.2) is 0 Å². The van der Waals surface area contributed by atoms with Gasteiger partial charge in [0.05, 0.1) is 6.61 Å². The van der Waals surface area contributed by atoms with Crippen LogP contribution in [0.25, 0.3) is 0 Å². The lowest BCUT2D eigenvalue weighted by molar-refractivity contribution is -0.230. The zero-order chi connectivity index (χ0) is 19.3. The van der Waals surface area contributed by atoms with Gasteiger partial charge >= 0.3 is 0 Å². The van der Waals surface area contributed by atoms with E-state index in [1.165, 1.54) is 0 Å². The van der Waals surface area contributed by atoms with Crippen LogP contribution in [0.2, 0.25) is 0 Å². The van der Waals surface area contributed by atoms with E-state index in [0.717, 1.165) is 4.31 Å². The Morgan fingerprint density at radius 1 is 1.00 bits per heavy atom. The molecule has 3 rings (SSSR count). The zero-order valence-electron chi connectivity index (χ0n) is 16.1. The molecule has 26 heavy (non-hydrogen) atoms. The van der Waals surface area contributed by atoms with Gasteiger partial charge < -0.3 is 23.7 Å². The smallest absolute Gasteiger partial charge is 0.241 e. The maximum Gasteiger partial charge on any atom is 0.241 e. The maximum atomic E-state index is 14.8. The summed E-state index contributed by atoms with van der Waals surface area (Å²) < 4.78 is 64.7. The van der Waals surface area contributed by atoms with Crippen molar-refractivity contribution in [2.24, 2.45) is 0 Å². The molecule has 0 amide bonds.